The molecule has 0 aliphatic carbocycles. The Bertz CT molecular complexity index is 184. The zero-order chi connectivity index (χ0) is 10.3. The lowest BCUT2D eigenvalue weighted by atomic mass is 10.3. The van der Waals surface area contributed by atoms with E-state index < -0.39 is 6.09 Å². The van der Waals surface area contributed by atoms with Crippen LogP contribution in [0.3, 0.4) is 0 Å². The van der Waals surface area contributed by atoms with E-state index in [1.54, 1.807) is 0 Å². The Hall–Kier alpha value is -0.330. The molecule has 5 heteroatoms. The molecule has 0 bridgehead atoms. The highest BCUT2D eigenvalue weighted by atomic mass is 127. The van der Waals surface area contributed by atoms with Crippen LogP contribution in [0.5, 0.6) is 0 Å². The molecule has 0 radical (unpaired) electrons. The van der Waals surface area contributed by atoms with Crippen LogP contribution in [0.4, 0.5) is 4.79 Å². The van der Waals surface area contributed by atoms with Crippen molar-refractivity contribution >= 4 is 34.5 Å². The molecule has 13 heavy (non-hydrogen) atoms. The van der Waals surface area contributed by atoms with E-state index in [0.29, 0.717) is 11.0 Å². The Morgan fingerprint density at radius 2 is 2.08 bits per heavy atom. The molecule has 0 aromatic carbocycles. The number of Topliss-reactive ketones (excluding diaryl/α,β-unsaturated/α-hetero) is 1. The number of carboxylic acid groups (broad SMARTS) is 1. The predicted molar refractivity (Wildman–Crippen MR) is 58.4 cm³/mol. The number of carbonyl (C=O) groups is 2. The normalized spacial score (nSPS) is 9.69. The van der Waals surface area contributed by atoms with Crippen LogP contribution < -0.4 is 0 Å². The minimum absolute atomic E-state index is 0.0261. The highest BCUT2D eigenvalue weighted by Gasteiger charge is 2.13. The van der Waals surface area contributed by atoms with Crippen LogP contribution in [0.2, 0.25) is 0 Å². The van der Waals surface area contributed by atoms with E-state index in [0.717, 1.165) is 12.8 Å². The molecular formula is C8H14INO3. The highest BCUT2D eigenvalue weighted by molar-refractivity contribution is 14.1. The van der Waals surface area contributed by atoms with Crippen molar-refractivity contribution in [3.8, 4) is 0 Å². The van der Waals surface area contributed by atoms with Crippen LogP contribution >= 0.6 is 22.6 Å². The van der Waals surface area contributed by atoms with Crippen molar-refractivity contribution in [2.75, 3.05) is 17.5 Å². The smallest absolute Gasteiger partial charge is 0.407 e. The maximum Gasteiger partial charge on any atom is 0.407 e. The van der Waals surface area contributed by atoms with Gasteiger partial charge in [-0.2, -0.15) is 0 Å². The monoisotopic (exact) mass is 299 g/mol. The zero-order valence-corrected chi connectivity index (χ0v) is 9.78. The van der Waals surface area contributed by atoms with E-state index in [-0.39, 0.29) is 12.3 Å². The first-order valence-corrected chi connectivity index (χ1v) is 5.69. The lowest BCUT2D eigenvalue weighted by Crippen LogP contribution is -2.35. The number of ketones is 1. The van der Waals surface area contributed by atoms with Crippen molar-refractivity contribution in [3.63, 3.8) is 0 Å². The van der Waals surface area contributed by atoms with Crippen molar-refractivity contribution in [3.05, 3.63) is 0 Å². The van der Waals surface area contributed by atoms with Crippen LogP contribution in [-0.2, 0) is 4.79 Å². The van der Waals surface area contributed by atoms with Crippen molar-refractivity contribution in [1.29, 1.82) is 0 Å². The number of amides is 1. The number of hydrogen-bond donors (Lipinski definition) is 1. The Labute approximate surface area is 91.4 Å². The van der Waals surface area contributed by atoms with Crippen LogP contribution in [0.25, 0.3) is 0 Å². The molecule has 0 fully saturated rings. The number of halogens is 1. The van der Waals surface area contributed by atoms with E-state index >= 15 is 0 Å². The summed E-state index contributed by atoms with van der Waals surface area (Å²) in [4.78, 5) is 22.8. The summed E-state index contributed by atoms with van der Waals surface area (Å²) in [5.41, 5.74) is 0. The summed E-state index contributed by atoms with van der Waals surface area (Å²) in [5.74, 6) is -0.0425. The fourth-order valence-corrected chi connectivity index (χ4v) is 1.09. The molecule has 0 heterocycles. The maximum atomic E-state index is 11.0. The second-order valence-electron chi connectivity index (χ2n) is 2.73. The van der Waals surface area contributed by atoms with Crippen molar-refractivity contribution in [1.82, 2.24) is 4.90 Å². The number of nitrogens with zero attached hydrogens (tertiary/aromatic N) is 1. The first-order chi connectivity index (χ1) is 6.11. The Morgan fingerprint density at radius 3 is 2.46 bits per heavy atom. The molecule has 0 unspecified atom stereocenters. The molecule has 0 aliphatic heterocycles. The Morgan fingerprint density at radius 1 is 1.46 bits per heavy atom. The first kappa shape index (κ1) is 12.7. The van der Waals surface area contributed by atoms with Gasteiger partial charge < -0.3 is 10.0 Å². The zero-order valence-electron chi connectivity index (χ0n) is 7.62. The van der Waals surface area contributed by atoms with Crippen LogP contribution in [0.15, 0.2) is 0 Å². The van der Waals surface area contributed by atoms with Crippen molar-refractivity contribution < 1.29 is 14.7 Å². The molecule has 0 aromatic rings. The predicted octanol–water partition coefficient (Wildman–Crippen LogP) is 1.77. The molecule has 4 nitrogen and oxygen atoms in total. The molecule has 0 spiro atoms. The molecule has 76 valence electrons. The topological polar surface area (TPSA) is 57.6 Å². The SMILES string of the molecule is CCCCN(CC(=O)CI)C(=O)O. The molecule has 0 aromatic heterocycles. The van der Waals surface area contributed by atoms with E-state index in [4.69, 9.17) is 5.11 Å². The molecule has 1 N–H and O–H groups in total. The van der Waals surface area contributed by atoms with Crippen LogP contribution in [0.1, 0.15) is 19.8 Å². The third-order valence-corrected chi connectivity index (χ3v) is 2.42. The second-order valence-corrected chi connectivity index (χ2v) is 3.49. The van der Waals surface area contributed by atoms with Crippen molar-refractivity contribution in [2.45, 2.75) is 19.8 Å². The Kier molecular flexibility index (Phi) is 6.93. The van der Waals surface area contributed by atoms with Gasteiger partial charge in [-0.3, -0.25) is 4.79 Å². The highest BCUT2D eigenvalue weighted by Crippen LogP contribution is 1.97. The third-order valence-electron chi connectivity index (χ3n) is 1.57. The molecular weight excluding hydrogens is 285 g/mol. The molecule has 0 atom stereocenters. The summed E-state index contributed by atoms with van der Waals surface area (Å²) in [6.07, 6.45) is 0.731. The van der Waals surface area contributed by atoms with Gasteiger partial charge in [-0.1, -0.05) is 35.9 Å². The molecule has 1 amide bonds. The number of unbranched alkanes of at least 4 members (excludes halogenated alkanes) is 1. The average molecular weight is 299 g/mol. The van der Waals surface area contributed by atoms with Gasteiger partial charge in [0.25, 0.3) is 0 Å². The minimum atomic E-state index is -1.01. The Balaban J connectivity index is 3.94. The van der Waals surface area contributed by atoms with E-state index in [9.17, 15) is 9.59 Å². The van der Waals surface area contributed by atoms with Crippen LogP contribution in [-0.4, -0.2) is 39.4 Å². The quantitative estimate of drug-likeness (QED) is 0.601. The molecule has 0 saturated carbocycles. The van der Waals surface area contributed by atoms with Crippen LogP contribution in [0, 0.1) is 0 Å². The second kappa shape index (κ2) is 7.11. The van der Waals surface area contributed by atoms with Gasteiger partial charge in [0.15, 0.2) is 5.78 Å². The van der Waals surface area contributed by atoms with Gasteiger partial charge in [0.05, 0.1) is 11.0 Å². The molecule has 0 aliphatic rings. The fourth-order valence-electron chi connectivity index (χ4n) is 0.846. The summed E-state index contributed by atoms with van der Waals surface area (Å²) in [6.45, 7) is 2.46. The summed E-state index contributed by atoms with van der Waals surface area (Å²) in [7, 11) is 0. The van der Waals surface area contributed by atoms with Gasteiger partial charge in [0.2, 0.25) is 0 Å². The van der Waals surface area contributed by atoms with E-state index in [2.05, 4.69) is 0 Å². The van der Waals surface area contributed by atoms with Gasteiger partial charge in [-0.25, -0.2) is 4.79 Å². The summed E-state index contributed by atoms with van der Waals surface area (Å²) in [5, 5.41) is 8.72. The van der Waals surface area contributed by atoms with Gasteiger partial charge in [-0.05, 0) is 6.42 Å². The fraction of sp³-hybridized carbons (Fsp3) is 0.750. The number of carbonyl (C=O) groups excluding carboxylic acids is 1. The first-order valence-electron chi connectivity index (χ1n) is 4.17. The third kappa shape index (κ3) is 5.84. The average Bonchev–Trinajstić information content (AvgIpc) is 2.11. The number of alkyl halides is 1. The number of hydrogen-bond acceptors (Lipinski definition) is 2. The standard InChI is InChI=1S/C8H14INO3/c1-2-3-4-10(8(12)13)6-7(11)5-9/h2-6H2,1H3,(H,12,13). The molecule has 0 rings (SSSR count). The lowest BCUT2D eigenvalue weighted by molar-refractivity contribution is -0.117. The minimum Gasteiger partial charge on any atom is -0.465 e. The summed E-state index contributed by atoms with van der Waals surface area (Å²) >= 11 is 1.94. The summed E-state index contributed by atoms with van der Waals surface area (Å²) in [6, 6.07) is 0. The van der Waals surface area contributed by atoms with E-state index in [1.807, 2.05) is 29.5 Å². The molecule has 0 saturated heterocycles. The van der Waals surface area contributed by atoms with E-state index in [1.165, 1.54) is 4.90 Å². The summed E-state index contributed by atoms with van der Waals surface area (Å²) < 4.78 is 0.369. The van der Waals surface area contributed by atoms with Gasteiger partial charge in [-0.15, -0.1) is 0 Å². The largest absolute Gasteiger partial charge is 0.465 e. The lowest BCUT2D eigenvalue weighted by Gasteiger charge is -2.17. The number of rotatable bonds is 6. The van der Waals surface area contributed by atoms with Gasteiger partial charge in [0, 0.05) is 6.54 Å². The maximum absolute atomic E-state index is 11.0. The van der Waals surface area contributed by atoms with Gasteiger partial charge >= 0.3 is 6.09 Å². The van der Waals surface area contributed by atoms with Gasteiger partial charge in [0.1, 0.15) is 0 Å². The van der Waals surface area contributed by atoms with Crippen molar-refractivity contribution in [2.24, 2.45) is 0 Å².